The molecule has 0 bridgehead atoms. The lowest BCUT2D eigenvalue weighted by molar-refractivity contribution is 0.0159. The topological polar surface area (TPSA) is 52.9 Å². The van der Waals surface area contributed by atoms with Crippen molar-refractivity contribution in [1.29, 1.82) is 0 Å². The molecule has 0 spiro atoms. The number of rotatable bonds is 5. The molecule has 0 unspecified atom stereocenters. The van der Waals surface area contributed by atoms with E-state index in [-0.39, 0.29) is 12.7 Å². The molecule has 4 nitrogen and oxygen atoms in total. The lowest BCUT2D eigenvalue weighted by Gasteiger charge is -2.33. The number of nitrogens with zero attached hydrogens (tertiary/aromatic N) is 1. The zero-order chi connectivity index (χ0) is 14.5. The number of aliphatic hydroxyl groups excluding tert-OH is 2. The second-order valence-corrected chi connectivity index (χ2v) is 6.02. The molecule has 2 rings (SSSR count). The van der Waals surface area contributed by atoms with Gasteiger partial charge in [-0.05, 0) is 37.5 Å². The predicted molar refractivity (Wildman–Crippen MR) is 83.0 cm³/mol. The Morgan fingerprint density at radius 3 is 2.65 bits per heavy atom. The normalized spacial score (nSPS) is 18.3. The van der Waals surface area contributed by atoms with Gasteiger partial charge in [-0.25, -0.2) is 0 Å². The summed E-state index contributed by atoms with van der Waals surface area (Å²) in [5.41, 5.74) is 2.08. The Bertz CT molecular complexity index is 431. The molecule has 1 aliphatic rings. The molecule has 1 fully saturated rings. The fourth-order valence-electron chi connectivity index (χ4n) is 2.55. The van der Waals surface area contributed by atoms with Crippen LogP contribution in [-0.4, -0.2) is 42.6 Å². The summed E-state index contributed by atoms with van der Waals surface area (Å²) in [6.07, 6.45) is 1.76. The fraction of sp³-hybridized carbons (Fsp3) is 0.600. The Labute approximate surface area is 128 Å². The summed E-state index contributed by atoms with van der Waals surface area (Å²) in [6, 6.07) is 6.09. The maximum atomic E-state index is 9.64. The lowest BCUT2D eigenvalue weighted by Crippen LogP contribution is -2.37. The van der Waals surface area contributed by atoms with E-state index < -0.39 is 6.10 Å². The zero-order valence-electron chi connectivity index (χ0n) is 11.8. The molecular weight excluding hydrogens is 322 g/mol. The quantitative estimate of drug-likeness (QED) is 0.862. The first-order chi connectivity index (χ1) is 9.61. The number of benzene rings is 1. The van der Waals surface area contributed by atoms with E-state index in [1.165, 1.54) is 5.69 Å². The minimum atomic E-state index is -0.462. The number of hydrogen-bond donors (Lipinski definition) is 2. The number of piperidine rings is 1. The van der Waals surface area contributed by atoms with Gasteiger partial charge in [0, 0.05) is 23.2 Å². The number of anilines is 1. The summed E-state index contributed by atoms with van der Waals surface area (Å²) in [7, 11) is 0. The molecule has 5 heteroatoms. The van der Waals surface area contributed by atoms with Crippen LogP contribution in [0, 0.1) is 0 Å². The summed E-state index contributed by atoms with van der Waals surface area (Å²) in [5, 5.41) is 18.4. The highest BCUT2D eigenvalue weighted by atomic mass is 79.9. The highest BCUT2D eigenvalue weighted by molar-refractivity contribution is 9.10. The molecule has 1 saturated heterocycles. The molecule has 0 aromatic heterocycles. The summed E-state index contributed by atoms with van der Waals surface area (Å²) >= 11 is 3.52. The monoisotopic (exact) mass is 343 g/mol. The zero-order valence-corrected chi connectivity index (χ0v) is 13.3. The van der Waals surface area contributed by atoms with Gasteiger partial charge < -0.3 is 19.8 Å². The molecule has 1 aromatic rings. The van der Waals surface area contributed by atoms with E-state index in [1.54, 1.807) is 6.92 Å². The Balaban J connectivity index is 1.95. The second kappa shape index (κ2) is 7.41. The van der Waals surface area contributed by atoms with Gasteiger partial charge in [0.15, 0.2) is 0 Å². The van der Waals surface area contributed by atoms with Crippen LogP contribution < -0.4 is 4.90 Å². The van der Waals surface area contributed by atoms with Crippen LogP contribution in [-0.2, 0) is 4.74 Å². The molecule has 2 N–H and O–H groups in total. The van der Waals surface area contributed by atoms with E-state index in [1.807, 2.05) is 6.07 Å². The van der Waals surface area contributed by atoms with Crippen molar-refractivity contribution in [3.63, 3.8) is 0 Å². The Morgan fingerprint density at radius 2 is 2.10 bits per heavy atom. The predicted octanol–water partition coefficient (Wildman–Crippen LogP) is 2.48. The van der Waals surface area contributed by atoms with E-state index >= 15 is 0 Å². The van der Waals surface area contributed by atoms with Gasteiger partial charge in [-0.15, -0.1) is 0 Å². The first-order valence-electron chi connectivity index (χ1n) is 7.06. The van der Waals surface area contributed by atoms with E-state index in [9.17, 15) is 5.11 Å². The molecule has 0 amide bonds. The van der Waals surface area contributed by atoms with E-state index in [2.05, 4.69) is 33.0 Å². The third kappa shape index (κ3) is 3.95. The van der Waals surface area contributed by atoms with Crippen LogP contribution in [0.5, 0.6) is 0 Å². The van der Waals surface area contributed by atoms with Gasteiger partial charge in [0.1, 0.15) is 0 Å². The van der Waals surface area contributed by atoms with Crippen LogP contribution in [0.3, 0.4) is 0 Å². The minimum Gasteiger partial charge on any atom is -0.394 e. The molecule has 1 aromatic carbocycles. The molecule has 1 heterocycles. The van der Waals surface area contributed by atoms with Crippen LogP contribution in [0.2, 0.25) is 0 Å². The van der Waals surface area contributed by atoms with Crippen molar-refractivity contribution in [2.75, 3.05) is 31.2 Å². The standard InChI is InChI=1S/C15H22BrNO3/c1-11(19)14-3-2-12(10-15(14)16)17-6-4-13(5-7-17)20-9-8-18/h2-3,10-11,13,18-19H,4-9H2,1H3/t11-/m1/s1. The molecule has 1 aliphatic heterocycles. The van der Waals surface area contributed by atoms with Crippen molar-refractivity contribution in [3.8, 4) is 0 Å². The van der Waals surface area contributed by atoms with Crippen LogP contribution in [0.4, 0.5) is 5.69 Å². The third-order valence-electron chi connectivity index (χ3n) is 3.69. The van der Waals surface area contributed by atoms with Crippen LogP contribution >= 0.6 is 15.9 Å². The molecule has 1 atom stereocenters. The largest absolute Gasteiger partial charge is 0.394 e. The van der Waals surface area contributed by atoms with Gasteiger partial charge >= 0.3 is 0 Å². The summed E-state index contributed by atoms with van der Waals surface area (Å²) < 4.78 is 6.52. The average Bonchev–Trinajstić information content (AvgIpc) is 2.45. The van der Waals surface area contributed by atoms with Crippen molar-refractivity contribution in [2.45, 2.75) is 32.0 Å². The minimum absolute atomic E-state index is 0.0912. The molecular formula is C15H22BrNO3. The number of halogens is 1. The van der Waals surface area contributed by atoms with Crippen LogP contribution in [0.1, 0.15) is 31.4 Å². The van der Waals surface area contributed by atoms with Gasteiger partial charge in [-0.3, -0.25) is 0 Å². The van der Waals surface area contributed by atoms with Crippen molar-refractivity contribution in [2.24, 2.45) is 0 Å². The second-order valence-electron chi connectivity index (χ2n) is 5.16. The molecule has 0 saturated carbocycles. The first kappa shape index (κ1) is 15.8. The summed E-state index contributed by atoms with van der Waals surface area (Å²) in [6.45, 7) is 4.20. The van der Waals surface area contributed by atoms with Gasteiger partial charge in [0.2, 0.25) is 0 Å². The van der Waals surface area contributed by atoms with E-state index in [0.29, 0.717) is 6.61 Å². The van der Waals surface area contributed by atoms with E-state index in [4.69, 9.17) is 9.84 Å². The van der Waals surface area contributed by atoms with Crippen LogP contribution in [0.25, 0.3) is 0 Å². The number of aliphatic hydroxyl groups is 2. The van der Waals surface area contributed by atoms with Gasteiger partial charge in [0.05, 0.1) is 25.4 Å². The highest BCUT2D eigenvalue weighted by Gasteiger charge is 2.20. The van der Waals surface area contributed by atoms with Crippen LogP contribution in [0.15, 0.2) is 22.7 Å². The first-order valence-corrected chi connectivity index (χ1v) is 7.86. The Kier molecular flexibility index (Phi) is 5.84. The summed E-state index contributed by atoms with van der Waals surface area (Å²) in [5.74, 6) is 0. The lowest BCUT2D eigenvalue weighted by atomic mass is 10.1. The Morgan fingerprint density at radius 1 is 1.40 bits per heavy atom. The van der Waals surface area contributed by atoms with Crippen molar-refractivity contribution < 1.29 is 14.9 Å². The molecule has 20 heavy (non-hydrogen) atoms. The molecule has 0 aliphatic carbocycles. The maximum Gasteiger partial charge on any atom is 0.0772 e. The van der Waals surface area contributed by atoms with Crippen molar-refractivity contribution in [3.05, 3.63) is 28.2 Å². The Hall–Kier alpha value is -0.620. The van der Waals surface area contributed by atoms with E-state index in [0.717, 1.165) is 36.0 Å². The molecule has 0 radical (unpaired) electrons. The van der Waals surface area contributed by atoms with Gasteiger partial charge in [-0.2, -0.15) is 0 Å². The number of hydrogen-bond acceptors (Lipinski definition) is 4. The number of ether oxygens (including phenoxy) is 1. The SMILES string of the molecule is C[C@@H](O)c1ccc(N2CCC(OCCO)CC2)cc1Br. The average molecular weight is 344 g/mol. The highest BCUT2D eigenvalue weighted by Crippen LogP contribution is 2.29. The maximum absolute atomic E-state index is 9.64. The van der Waals surface area contributed by atoms with Crippen molar-refractivity contribution >= 4 is 21.6 Å². The van der Waals surface area contributed by atoms with Crippen molar-refractivity contribution in [1.82, 2.24) is 0 Å². The molecule has 112 valence electrons. The fourth-order valence-corrected chi connectivity index (χ4v) is 3.25. The van der Waals surface area contributed by atoms with Gasteiger partial charge in [0.25, 0.3) is 0 Å². The summed E-state index contributed by atoms with van der Waals surface area (Å²) in [4.78, 5) is 2.33. The van der Waals surface area contributed by atoms with Gasteiger partial charge in [-0.1, -0.05) is 22.0 Å². The smallest absolute Gasteiger partial charge is 0.0772 e. The third-order valence-corrected chi connectivity index (χ3v) is 4.37.